The normalized spacial score (nSPS) is 8.67. The zero-order chi connectivity index (χ0) is 8.43. The molecule has 0 aliphatic rings. The van der Waals surface area contributed by atoms with Crippen LogP contribution >= 0.6 is 11.5 Å². The second-order valence-electron chi connectivity index (χ2n) is 1.56. The van der Waals surface area contributed by atoms with Crippen molar-refractivity contribution < 1.29 is 58.4 Å². The second-order valence-corrected chi connectivity index (χ2v) is 2.32. The van der Waals surface area contributed by atoms with Crippen molar-refractivity contribution in [2.24, 2.45) is 0 Å². The van der Waals surface area contributed by atoms with Crippen molar-refractivity contribution in [1.29, 1.82) is 0 Å². The number of hydrogen-bond acceptors (Lipinski definition) is 5. The van der Waals surface area contributed by atoms with Gasteiger partial charge in [-0.25, -0.2) is 9.59 Å². The van der Waals surface area contributed by atoms with Gasteiger partial charge in [-0.3, -0.25) is 0 Å². The molecule has 0 aliphatic heterocycles. The van der Waals surface area contributed by atoms with Crippen molar-refractivity contribution in [2.75, 3.05) is 0 Å². The smallest absolute Gasteiger partial charge is 0.358 e. The van der Waals surface area contributed by atoms with Gasteiger partial charge in [0.05, 0.1) is 0 Å². The van der Waals surface area contributed by atoms with Crippen LogP contribution in [0, 0.1) is 38.6 Å². The number of carbonyl (C=O) groups is 2. The molecule has 1 heterocycles. The number of aromatic nitrogens is 2. The predicted octanol–water partition coefficient (Wildman–Crippen LogP) is -0.0655. The summed E-state index contributed by atoms with van der Waals surface area (Å²) in [5.74, 6) is -2.70. The van der Waals surface area contributed by atoms with Gasteiger partial charge in [0, 0.05) is 38.6 Å². The van der Waals surface area contributed by atoms with Crippen LogP contribution < -0.4 is 0 Å². The quantitative estimate of drug-likeness (QED) is 0.786. The molecule has 0 saturated carbocycles. The zero-order valence-corrected chi connectivity index (χ0v) is 8.30. The Bertz CT molecular complexity index is 283. The van der Waals surface area contributed by atoms with Crippen molar-refractivity contribution in [3.63, 3.8) is 0 Å². The SMILES string of the molecule is O=C(O)c1nnsc1C(=O)O.[Tb]. The Kier molecular flexibility index (Phi) is 4.64. The Morgan fingerprint density at radius 3 is 2.17 bits per heavy atom. The summed E-state index contributed by atoms with van der Waals surface area (Å²) in [6.07, 6.45) is 0. The Balaban J connectivity index is 0.00000121. The first-order valence-corrected chi connectivity index (χ1v) is 3.19. The molecular weight excluding hydrogens is 331 g/mol. The standard InChI is InChI=1S/C4H2N2O4S.Tb/c7-3(8)1-2(4(9)10)11-6-5-1;/h(H,7,8)(H,9,10);. The van der Waals surface area contributed by atoms with E-state index in [0.717, 1.165) is 0 Å². The summed E-state index contributed by atoms with van der Waals surface area (Å²) in [7, 11) is 0. The van der Waals surface area contributed by atoms with E-state index in [2.05, 4.69) is 9.59 Å². The summed E-state index contributed by atoms with van der Waals surface area (Å²) in [6, 6.07) is 0. The molecule has 2 N–H and O–H groups in total. The molecule has 1 aromatic heterocycles. The summed E-state index contributed by atoms with van der Waals surface area (Å²) in [5, 5.41) is 19.8. The molecule has 67 valence electrons. The maximum Gasteiger partial charge on any atom is 0.358 e. The van der Waals surface area contributed by atoms with Crippen molar-refractivity contribution >= 4 is 23.5 Å². The molecule has 1 aromatic rings. The molecule has 0 atom stereocenters. The van der Waals surface area contributed by atoms with Gasteiger partial charge in [-0.15, -0.1) is 5.10 Å². The van der Waals surface area contributed by atoms with E-state index in [0.29, 0.717) is 11.5 Å². The number of carboxylic acid groups (broad SMARTS) is 2. The summed E-state index contributed by atoms with van der Waals surface area (Å²) in [4.78, 5) is 20.1. The van der Waals surface area contributed by atoms with Crippen LogP contribution in [0.4, 0.5) is 0 Å². The summed E-state index contributed by atoms with van der Waals surface area (Å²) in [5.41, 5.74) is -0.512. The Morgan fingerprint density at radius 2 is 1.83 bits per heavy atom. The van der Waals surface area contributed by atoms with E-state index >= 15 is 0 Å². The summed E-state index contributed by atoms with van der Waals surface area (Å²) in [6.45, 7) is 0. The second kappa shape index (κ2) is 4.72. The number of hydrogen-bond donors (Lipinski definition) is 2. The molecular formula is C4H2N2O4STb. The Hall–Kier alpha value is -0.214. The van der Waals surface area contributed by atoms with Crippen LogP contribution in [-0.4, -0.2) is 31.7 Å². The maximum absolute atomic E-state index is 10.3. The number of carboxylic acids is 2. The fraction of sp³-hybridized carbons (Fsp3) is 0. The van der Waals surface area contributed by atoms with E-state index < -0.39 is 17.6 Å². The minimum atomic E-state index is -1.38. The van der Waals surface area contributed by atoms with Gasteiger partial charge in [-0.05, 0) is 11.5 Å². The predicted molar refractivity (Wildman–Crippen MR) is 33.8 cm³/mol. The number of aromatic carboxylic acids is 2. The van der Waals surface area contributed by atoms with Crippen LogP contribution in [0.15, 0.2) is 0 Å². The molecule has 6 nitrogen and oxygen atoms in total. The topological polar surface area (TPSA) is 100 Å². The first-order chi connectivity index (χ1) is 5.13. The summed E-state index contributed by atoms with van der Waals surface area (Å²) >= 11 is 0.544. The molecule has 0 fully saturated rings. The van der Waals surface area contributed by atoms with E-state index in [4.69, 9.17) is 10.2 Å². The van der Waals surface area contributed by atoms with Gasteiger partial charge in [0.1, 0.15) is 0 Å². The van der Waals surface area contributed by atoms with E-state index in [9.17, 15) is 9.59 Å². The molecule has 0 spiro atoms. The molecule has 0 aromatic carbocycles. The third-order valence-electron chi connectivity index (χ3n) is 0.885. The van der Waals surface area contributed by atoms with E-state index in [1.807, 2.05) is 0 Å². The fourth-order valence-corrected chi connectivity index (χ4v) is 0.968. The average molecular weight is 333 g/mol. The van der Waals surface area contributed by atoms with Gasteiger partial charge in [-0.2, -0.15) is 0 Å². The van der Waals surface area contributed by atoms with E-state index in [-0.39, 0.29) is 43.5 Å². The van der Waals surface area contributed by atoms with Crippen LogP contribution in [-0.2, 0) is 0 Å². The largest absolute Gasteiger partial charge is 0.477 e. The molecule has 0 saturated heterocycles. The van der Waals surface area contributed by atoms with Gasteiger partial charge in [0.25, 0.3) is 0 Å². The van der Waals surface area contributed by atoms with Crippen LogP contribution in [0.5, 0.6) is 0 Å². The summed E-state index contributed by atoms with van der Waals surface area (Å²) < 4.78 is 3.19. The van der Waals surface area contributed by atoms with Crippen molar-refractivity contribution in [1.82, 2.24) is 9.59 Å². The molecule has 1 radical (unpaired) electrons. The first-order valence-electron chi connectivity index (χ1n) is 2.42. The average Bonchev–Trinajstić information content (AvgIpc) is 2.32. The molecule has 1 rings (SSSR count). The fourth-order valence-electron chi connectivity index (χ4n) is 0.471. The van der Waals surface area contributed by atoms with Gasteiger partial charge < -0.3 is 10.2 Å². The Labute approximate surface area is 101 Å². The Morgan fingerprint density at radius 1 is 1.25 bits per heavy atom. The molecule has 0 bridgehead atoms. The van der Waals surface area contributed by atoms with Crippen LogP contribution in [0.2, 0.25) is 0 Å². The molecule has 8 heteroatoms. The van der Waals surface area contributed by atoms with Crippen LogP contribution in [0.3, 0.4) is 0 Å². The van der Waals surface area contributed by atoms with Crippen molar-refractivity contribution in [3.8, 4) is 0 Å². The van der Waals surface area contributed by atoms with Gasteiger partial charge in [0.15, 0.2) is 10.6 Å². The molecule has 12 heavy (non-hydrogen) atoms. The van der Waals surface area contributed by atoms with E-state index in [1.54, 1.807) is 0 Å². The minimum absolute atomic E-state index is 0. The van der Waals surface area contributed by atoms with Crippen molar-refractivity contribution in [3.05, 3.63) is 10.6 Å². The molecule has 0 unspecified atom stereocenters. The van der Waals surface area contributed by atoms with Gasteiger partial charge >= 0.3 is 11.9 Å². The monoisotopic (exact) mass is 333 g/mol. The van der Waals surface area contributed by atoms with Crippen LogP contribution in [0.1, 0.15) is 20.2 Å². The minimum Gasteiger partial charge on any atom is -0.477 e. The van der Waals surface area contributed by atoms with Crippen molar-refractivity contribution in [2.45, 2.75) is 0 Å². The number of rotatable bonds is 2. The van der Waals surface area contributed by atoms with E-state index in [1.165, 1.54) is 0 Å². The van der Waals surface area contributed by atoms with Crippen LogP contribution in [0.25, 0.3) is 0 Å². The zero-order valence-electron chi connectivity index (χ0n) is 5.35. The molecule has 0 aliphatic carbocycles. The molecule has 0 amide bonds. The first kappa shape index (κ1) is 11.8. The third-order valence-corrected chi connectivity index (χ3v) is 1.60. The number of nitrogens with zero attached hydrogens (tertiary/aromatic N) is 2. The maximum atomic E-state index is 10.3. The van der Waals surface area contributed by atoms with Gasteiger partial charge in [0.2, 0.25) is 0 Å². The van der Waals surface area contributed by atoms with Gasteiger partial charge in [-0.1, -0.05) is 4.49 Å². The third kappa shape index (κ3) is 2.39.